The molecule has 18 heavy (non-hydrogen) atoms. The smallest absolute Gasteiger partial charge is 0.357 e. The molecule has 0 unspecified atom stereocenters. The molecule has 0 amide bonds. The van der Waals surface area contributed by atoms with Gasteiger partial charge in [0.15, 0.2) is 5.70 Å². The molecule has 2 rings (SSSR count). The normalized spacial score (nSPS) is 18.3. The van der Waals surface area contributed by atoms with Crippen molar-refractivity contribution in [3.63, 3.8) is 0 Å². The minimum absolute atomic E-state index is 0.345. The monoisotopic (exact) mass is 244 g/mol. The van der Waals surface area contributed by atoms with Gasteiger partial charge in [-0.15, -0.1) is 0 Å². The number of allylic oxidation sites excluding steroid dienone is 4. The lowest BCUT2D eigenvalue weighted by molar-refractivity contribution is -0.149. The number of aliphatic imine (C=N–C) groups is 2. The predicted octanol–water partition coefficient (Wildman–Crippen LogP) is 2.58. The maximum Gasteiger partial charge on any atom is 0.357 e. The molecular weight excluding hydrogens is 228 g/mol. The number of rotatable bonds is 1. The summed E-state index contributed by atoms with van der Waals surface area (Å²) in [5.74, 6) is -0.402. The molecule has 2 aliphatic rings. The molecule has 0 fully saturated rings. The lowest BCUT2D eigenvalue weighted by Gasteiger charge is -2.20. The molecule has 0 N–H and O–H groups in total. The summed E-state index contributed by atoms with van der Waals surface area (Å²) in [7, 11) is 0. The Hall–Kier alpha value is -1.97. The Labute approximate surface area is 106 Å². The van der Waals surface area contributed by atoms with Crippen molar-refractivity contribution in [3.8, 4) is 0 Å². The molecule has 0 saturated heterocycles. The summed E-state index contributed by atoms with van der Waals surface area (Å²) in [5, 5.41) is 0. The molecule has 1 aliphatic heterocycles. The van der Waals surface area contributed by atoms with Crippen molar-refractivity contribution < 1.29 is 9.53 Å². The molecule has 0 bridgehead atoms. The Morgan fingerprint density at radius 1 is 1.28 bits per heavy atom. The van der Waals surface area contributed by atoms with Crippen molar-refractivity contribution in [2.24, 2.45) is 9.98 Å². The summed E-state index contributed by atoms with van der Waals surface area (Å²) in [4.78, 5) is 20.5. The van der Waals surface area contributed by atoms with Gasteiger partial charge < -0.3 is 4.74 Å². The van der Waals surface area contributed by atoms with Crippen LogP contribution in [0.1, 0.15) is 27.2 Å². The molecule has 4 nitrogen and oxygen atoms in total. The highest BCUT2D eigenvalue weighted by molar-refractivity contribution is 6.18. The Balaban J connectivity index is 2.36. The van der Waals surface area contributed by atoms with Gasteiger partial charge in [-0.2, -0.15) is 0 Å². The van der Waals surface area contributed by atoms with Crippen LogP contribution in [0.4, 0.5) is 0 Å². The van der Waals surface area contributed by atoms with E-state index in [1.807, 2.05) is 39.0 Å². The van der Waals surface area contributed by atoms with Crippen LogP contribution in [-0.4, -0.2) is 24.0 Å². The highest BCUT2D eigenvalue weighted by Gasteiger charge is 2.24. The fourth-order valence-electron chi connectivity index (χ4n) is 1.69. The van der Waals surface area contributed by atoms with Gasteiger partial charge in [0.05, 0.1) is 5.70 Å². The summed E-state index contributed by atoms with van der Waals surface area (Å²) in [6.07, 6.45) is 9.52. The van der Waals surface area contributed by atoms with Gasteiger partial charge in [-0.1, -0.05) is 12.2 Å². The topological polar surface area (TPSA) is 51.0 Å². The molecule has 0 aromatic heterocycles. The summed E-state index contributed by atoms with van der Waals surface area (Å²) >= 11 is 0. The van der Waals surface area contributed by atoms with E-state index in [1.165, 1.54) is 6.21 Å². The number of nitrogens with zero attached hydrogens (tertiary/aromatic N) is 2. The van der Waals surface area contributed by atoms with E-state index < -0.39 is 11.6 Å². The molecular formula is C14H16N2O2. The Kier molecular flexibility index (Phi) is 3.28. The number of hydrogen-bond donors (Lipinski definition) is 0. The van der Waals surface area contributed by atoms with E-state index in [4.69, 9.17) is 4.74 Å². The summed E-state index contributed by atoms with van der Waals surface area (Å²) < 4.78 is 5.36. The molecule has 4 heteroatoms. The average molecular weight is 244 g/mol. The minimum Gasteiger partial charge on any atom is -0.455 e. The number of esters is 1. The maximum absolute atomic E-state index is 12.1. The van der Waals surface area contributed by atoms with Crippen molar-refractivity contribution >= 4 is 18.4 Å². The average Bonchev–Trinajstić information content (AvgIpc) is 2.48. The molecule has 0 saturated carbocycles. The molecule has 0 aromatic carbocycles. The van der Waals surface area contributed by atoms with Gasteiger partial charge >= 0.3 is 5.97 Å². The van der Waals surface area contributed by atoms with E-state index in [1.54, 1.807) is 6.21 Å². The van der Waals surface area contributed by atoms with Crippen molar-refractivity contribution in [1.29, 1.82) is 0 Å². The zero-order valence-corrected chi connectivity index (χ0v) is 10.8. The van der Waals surface area contributed by atoms with Gasteiger partial charge in [-0.3, -0.25) is 4.99 Å². The molecule has 1 aliphatic carbocycles. The molecule has 0 spiro atoms. The van der Waals surface area contributed by atoms with Gasteiger partial charge in [-0.05, 0) is 33.3 Å². The van der Waals surface area contributed by atoms with Crippen LogP contribution in [-0.2, 0) is 9.53 Å². The van der Waals surface area contributed by atoms with Crippen LogP contribution in [0.2, 0.25) is 0 Å². The first-order chi connectivity index (χ1) is 8.47. The highest BCUT2D eigenvalue weighted by Crippen LogP contribution is 2.27. The summed E-state index contributed by atoms with van der Waals surface area (Å²) in [6, 6.07) is 0. The van der Waals surface area contributed by atoms with Crippen LogP contribution in [0, 0.1) is 0 Å². The van der Waals surface area contributed by atoms with Gasteiger partial charge in [0, 0.05) is 18.0 Å². The van der Waals surface area contributed by atoms with Gasteiger partial charge in [0.2, 0.25) is 0 Å². The second kappa shape index (κ2) is 4.72. The van der Waals surface area contributed by atoms with Gasteiger partial charge in [0.25, 0.3) is 0 Å². The zero-order chi connectivity index (χ0) is 13.2. The van der Waals surface area contributed by atoms with Crippen LogP contribution in [0.15, 0.2) is 45.2 Å². The number of carbonyl (C=O) groups excluding carboxylic acids is 1. The standard InChI is InChI=1S/C14H16N2O2/c1-14(2,3)18-13(17)12-10-6-4-5-7-11(10)15-8-9-16-12/h4-5,7-9H,6H2,1-3H3. The predicted molar refractivity (Wildman–Crippen MR) is 71.7 cm³/mol. The van der Waals surface area contributed by atoms with Crippen LogP contribution in [0.25, 0.3) is 0 Å². The Bertz CT molecular complexity index is 514. The van der Waals surface area contributed by atoms with E-state index in [0.29, 0.717) is 12.1 Å². The lowest BCUT2D eigenvalue weighted by Crippen LogP contribution is -2.25. The minimum atomic E-state index is -0.526. The molecule has 0 radical (unpaired) electrons. The summed E-state index contributed by atoms with van der Waals surface area (Å²) in [5.41, 5.74) is 1.41. The van der Waals surface area contributed by atoms with Crippen LogP contribution >= 0.6 is 0 Å². The summed E-state index contributed by atoms with van der Waals surface area (Å²) in [6.45, 7) is 5.51. The molecule has 1 heterocycles. The molecule has 0 aromatic rings. The van der Waals surface area contributed by atoms with Crippen molar-refractivity contribution in [2.75, 3.05) is 0 Å². The second-order valence-electron chi connectivity index (χ2n) is 5.07. The SMILES string of the molecule is CC(C)(C)OC(=O)C1=C2CC=CC=C2N=CC=N1. The largest absolute Gasteiger partial charge is 0.455 e. The Morgan fingerprint density at radius 3 is 2.72 bits per heavy atom. The lowest BCUT2D eigenvalue weighted by atomic mass is 10.0. The zero-order valence-electron chi connectivity index (χ0n) is 10.8. The first-order valence-electron chi connectivity index (χ1n) is 5.88. The Morgan fingerprint density at radius 2 is 2.00 bits per heavy atom. The van der Waals surface area contributed by atoms with E-state index in [2.05, 4.69) is 9.98 Å². The third kappa shape index (κ3) is 2.83. The van der Waals surface area contributed by atoms with E-state index >= 15 is 0 Å². The number of hydrogen-bond acceptors (Lipinski definition) is 4. The van der Waals surface area contributed by atoms with Gasteiger partial charge in [0.1, 0.15) is 5.60 Å². The third-order valence-electron chi connectivity index (χ3n) is 2.38. The molecule has 94 valence electrons. The second-order valence-corrected chi connectivity index (χ2v) is 5.07. The molecule has 0 atom stereocenters. The van der Waals surface area contributed by atoms with E-state index in [9.17, 15) is 4.79 Å². The van der Waals surface area contributed by atoms with E-state index in [-0.39, 0.29) is 0 Å². The number of carbonyl (C=O) groups is 1. The number of fused-ring (bicyclic) bond motifs is 1. The fourth-order valence-corrected chi connectivity index (χ4v) is 1.69. The van der Waals surface area contributed by atoms with Gasteiger partial charge in [-0.25, -0.2) is 9.79 Å². The number of ether oxygens (including phenoxy) is 1. The van der Waals surface area contributed by atoms with Crippen molar-refractivity contribution in [1.82, 2.24) is 0 Å². The first kappa shape index (κ1) is 12.5. The van der Waals surface area contributed by atoms with Crippen LogP contribution in [0.3, 0.4) is 0 Å². The third-order valence-corrected chi connectivity index (χ3v) is 2.38. The fraction of sp³-hybridized carbons (Fsp3) is 0.357. The van der Waals surface area contributed by atoms with Crippen molar-refractivity contribution in [2.45, 2.75) is 32.8 Å². The first-order valence-corrected chi connectivity index (χ1v) is 5.88. The van der Waals surface area contributed by atoms with Crippen molar-refractivity contribution in [3.05, 3.63) is 35.2 Å². The van der Waals surface area contributed by atoms with Crippen LogP contribution < -0.4 is 0 Å². The highest BCUT2D eigenvalue weighted by atomic mass is 16.6. The quantitative estimate of drug-likeness (QED) is 0.666. The maximum atomic E-state index is 12.1. The van der Waals surface area contributed by atoms with Crippen LogP contribution in [0.5, 0.6) is 0 Å². The van der Waals surface area contributed by atoms with E-state index in [0.717, 1.165) is 11.3 Å².